The maximum Gasteiger partial charge on any atom is 0.500 e. The Bertz CT molecular complexity index is 510. The van der Waals surface area contributed by atoms with E-state index in [0.29, 0.717) is 5.56 Å². The third kappa shape index (κ3) is 3.12. The van der Waals surface area contributed by atoms with E-state index in [1.54, 1.807) is 24.3 Å². The Labute approximate surface area is 126 Å². The van der Waals surface area contributed by atoms with Crippen LogP contribution in [0.3, 0.4) is 0 Å². The van der Waals surface area contributed by atoms with Gasteiger partial charge in [-0.3, -0.25) is 4.79 Å². The molecule has 1 aliphatic rings. The third-order valence-corrected chi connectivity index (χ3v) is 4.20. The Hall–Kier alpha value is -1.37. The van der Waals surface area contributed by atoms with Gasteiger partial charge in [0.15, 0.2) is 0 Å². The van der Waals surface area contributed by atoms with Crippen molar-refractivity contribution in [3.8, 4) is 0 Å². The summed E-state index contributed by atoms with van der Waals surface area (Å²) in [5, 5.41) is 3.20. The van der Waals surface area contributed by atoms with E-state index >= 15 is 0 Å². The minimum atomic E-state index is -0.895. The Morgan fingerprint density at radius 2 is 1.62 bits per heavy atom. The minimum absolute atomic E-state index is 0.429. The average molecular weight is 290 g/mol. The molecule has 0 aliphatic carbocycles. The van der Waals surface area contributed by atoms with Crippen LogP contribution in [-0.2, 0) is 9.31 Å². The molecule has 1 fully saturated rings. The van der Waals surface area contributed by atoms with Crippen LogP contribution in [0.5, 0.6) is 0 Å². The first-order valence-electron chi connectivity index (χ1n) is 7.05. The van der Waals surface area contributed by atoms with E-state index in [1.807, 2.05) is 34.6 Å². The second-order valence-electron chi connectivity index (χ2n) is 6.74. The van der Waals surface area contributed by atoms with Crippen LogP contribution in [-0.4, -0.2) is 30.2 Å². The van der Waals surface area contributed by atoms with Crippen molar-refractivity contribution in [1.82, 2.24) is 0 Å². The summed E-state index contributed by atoms with van der Waals surface area (Å²) in [7, 11) is -0.576. The standard InChI is InChI=1S/C15H23BN2O3/c1-13(2)14(3,4)21-16(20-13)15(5,17)18-12-8-6-11(10-19)7-9-12/h6-10,18H,17H2,1-5H3/t15-/m0/s1. The van der Waals surface area contributed by atoms with Gasteiger partial charge in [0, 0.05) is 11.3 Å². The highest BCUT2D eigenvalue weighted by Crippen LogP contribution is 2.39. The normalized spacial score (nSPS) is 22.7. The molecule has 3 N–H and O–H groups in total. The van der Waals surface area contributed by atoms with Crippen molar-refractivity contribution >= 4 is 19.1 Å². The molecule has 0 bridgehead atoms. The molecule has 0 spiro atoms. The van der Waals surface area contributed by atoms with E-state index in [9.17, 15) is 4.79 Å². The fraction of sp³-hybridized carbons (Fsp3) is 0.533. The van der Waals surface area contributed by atoms with Crippen molar-refractivity contribution in [1.29, 1.82) is 0 Å². The van der Waals surface area contributed by atoms with Crippen LogP contribution >= 0.6 is 0 Å². The molecule has 1 aliphatic heterocycles. The minimum Gasteiger partial charge on any atom is -0.401 e. The Morgan fingerprint density at radius 1 is 1.14 bits per heavy atom. The fourth-order valence-corrected chi connectivity index (χ4v) is 2.10. The Balaban J connectivity index is 2.13. The number of aldehydes is 1. The second kappa shape index (κ2) is 5.12. The van der Waals surface area contributed by atoms with Gasteiger partial charge in [-0.15, -0.1) is 0 Å². The molecule has 2 rings (SSSR count). The number of carbonyl (C=O) groups excluding carboxylic acids is 1. The van der Waals surface area contributed by atoms with Crippen LogP contribution in [0.4, 0.5) is 5.69 Å². The van der Waals surface area contributed by atoms with Gasteiger partial charge < -0.3 is 20.4 Å². The highest BCUT2D eigenvalue weighted by Gasteiger charge is 2.57. The molecule has 1 aromatic rings. The number of nitrogens with two attached hydrogens (primary N) is 1. The number of hydrogen-bond donors (Lipinski definition) is 2. The SMILES string of the molecule is CC1(C)OB([C@@](C)(N)Nc2ccc(C=O)cc2)OC1(C)C. The summed E-state index contributed by atoms with van der Waals surface area (Å²) in [4.78, 5) is 10.7. The summed E-state index contributed by atoms with van der Waals surface area (Å²) in [5.74, 6) is 0. The van der Waals surface area contributed by atoms with Crippen molar-refractivity contribution in [2.45, 2.75) is 51.4 Å². The molecule has 5 nitrogen and oxygen atoms in total. The molecular formula is C15H23BN2O3. The molecular weight excluding hydrogens is 267 g/mol. The van der Waals surface area contributed by atoms with Crippen LogP contribution < -0.4 is 11.1 Å². The maximum atomic E-state index is 10.7. The van der Waals surface area contributed by atoms with E-state index in [2.05, 4.69) is 5.32 Å². The summed E-state index contributed by atoms with van der Waals surface area (Å²) in [6, 6.07) is 7.07. The lowest BCUT2D eigenvalue weighted by molar-refractivity contribution is 0.00578. The van der Waals surface area contributed by atoms with Crippen molar-refractivity contribution in [3.05, 3.63) is 29.8 Å². The van der Waals surface area contributed by atoms with Crippen molar-refractivity contribution in [2.24, 2.45) is 5.73 Å². The first-order valence-corrected chi connectivity index (χ1v) is 7.05. The van der Waals surface area contributed by atoms with Crippen molar-refractivity contribution in [3.63, 3.8) is 0 Å². The molecule has 6 heteroatoms. The largest absolute Gasteiger partial charge is 0.500 e. The van der Waals surface area contributed by atoms with Gasteiger partial charge in [0.05, 0.1) is 11.2 Å². The fourth-order valence-electron chi connectivity index (χ4n) is 2.10. The summed E-state index contributed by atoms with van der Waals surface area (Å²) in [5.41, 5.74) is 6.01. The van der Waals surface area contributed by atoms with Gasteiger partial charge in [0.1, 0.15) is 11.8 Å². The first kappa shape index (κ1) is 16.0. The van der Waals surface area contributed by atoms with Crippen LogP contribution in [0.2, 0.25) is 0 Å². The number of carbonyl (C=O) groups is 1. The molecule has 114 valence electrons. The Kier molecular flexibility index (Phi) is 3.91. The highest BCUT2D eigenvalue weighted by atomic mass is 16.7. The van der Waals surface area contributed by atoms with Gasteiger partial charge in [0.25, 0.3) is 0 Å². The van der Waals surface area contributed by atoms with E-state index < -0.39 is 23.9 Å². The number of nitrogens with one attached hydrogen (secondary N) is 1. The van der Waals surface area contributed by atoms with Gasteiger partial charge in [0.2, 0.25) is 0 Å². The predicted molar refractivity (Wildman–Crippen MR) is 84.1 cm³/mol. The monoisotopic (exact) mass is 290 g/mol. The predicted octanol–water partition coefficient (Wildman–Crippen LogP) is 2.22. The molecule has 21 heavy (non-hydrogen) atoms. The highest BCUT2D eigenvalue weighted by molar-refractivity contribution is 6.50. The number of anilines is 1. The molecule has 0 radical (unpaired) electrons. The van der Waals surface area contributed by atoms with Gasteiger partial charge in [-0.25, -0.2) is 0 Å². The molecule has 1 atom stereocenters. The lowest BCUT2D eigenvalue weighted by atomic mass is 9.73. The van der Waals surface area contributed by atoms with Crippen LogP contribution in [0.25, 0.3) is 0 Å². The van der Waals surface area contributed by atoms with Gasteiger partial charge >= 0.3 is 7.12 Å². The van der Waals surface area contributed by atoms with Crippen LogP contribution in [0.15, 0.2) is 24.3 Å². The molecule has 0 aromatic heterocycles. The van der Waals surface area contributed by atoms with E-state index in [1.165, 1.54) is 0 Å². The lowest BCUT2D eigenvalue weighted by Gasteiger charge is -2.32. The van der Waals surface area contributed by atoms with E-state index in [0.717, 1.165) is 12.0 Å². The van der Waals surface area contributed by atoms with Crippen molar-refractivity contribution < 1.29 is 14.1 Å². The van der Waals surface area contributed by atoms with Crippen LogP contribution in [0, 0.1) is 0 Å². The topological polar surface area (TPSA) is 73.6 Å². The zero-order chi connectivity index (χ0) is 15.9. The van der Waals surface area contributed by atoms with Gasteiger partial charge in [-0.1, -0.05) is 0 Å². The summed E-state index contributed by atoms with van der Waals surface area (Å²) in [6.07, 6.45) is 0.805. The second-order valence-corrected chi connectivity index (χ2v) is 6.74. The molecule has 0 amide bonds. The first-order chi connectivity index (χ1) is 9.57. The zero-order valence-corrected chi connectivity index (χ0v) is 13.3. The summed E-state index contributed by atoms with van der Waals surface area (Å²) < 4.78 is 12.0. The van der Waals surface area contributed by atoms with Crippen molar-refractivity contribution in [2.75, 3.05) is 5.32 Å². The van der Waals surface area contributed by atoms with Crippen LogP contribution in [0.1, 0.15) is 45.0 Å². The smallest absolute Gasteiger partial charge is 0.401 e. The van der Waals surface area contributed by atoms with Gasteiger partial charge in [-0.2, -0.15) is 0 Å². The molecule has 0 saturated carbocycles. The number of benzene rings is 1. The number of hydrogen-bond acceptors (Lipinski definition) is 5. The quantitative estimate of drug-likeness (QED) is 0.505. The summed E-state index contributed by atoms with van der Waals surface area (Å²) >= 11 is 0. The molecule has 1 heterocycles. The van der Waals surface area contributed by atoms with E-state index in [4.69, 9.17) is 15.0 Å². The van der Waals surface area contributed by atoms with E-state index in [-0.39, 0.29) is 0 Å². The number of rotatable bonds is 4. The van der Waals surface area contributed by atoms with Gasteiger partial charge in [-0.05, 0) is 58.9 Å². The molecule has 1 saturated heterocycles. The molecule has 1 aromatic carbocycles. The molecule has 0 unspecified atom stereocenters. The zero-order valence-electron chi connectivity index (χ0n) is 13.3. The third-order valence-electron chi connectivity index (χ3n) is 4.20. The maximum absolute atomic E-state index is 10.7. The average Bonchev–Trinajstić information content (AvgIpc) is 2.60. The Morgan fingerprint density at radius 3 is 2.05 bits per heavy atom. The lowest BCUT2D eigenvalue weighted by Crippen LogP contribution is -2.59. The summed E-state index contributed by atoms with van der Waals surface area (Å²) in [6.45, 7) is 9.77.